The Morgan fingerprint density at radius 1 is 1.32 bits per heavy atom. The summed E-state index contributed by atoms with van der Waals surface area (Å²) in [6.45, 7) is 3.70. The standard InChI is InChI=1S/C18H14ClN3O2S/c1-2-9-25-18-21-14-8-7-11(16(20)23)10-12(14)17(24)22(18)15-6-4-3-5-13(15)19/h2-8,10H,1,9H2,(H2,20,23). The van der Waals surface area contributed by atoms with Gasteiger partial charge in [0.05, 0.1) is 21.6 Å². The quantitative estimate of drug-likeness (QED) is 0.423. The zero-order valence-corrected chi connectivity index (χ0v) is 14.7. The highest BCUT2D eigenvalue weighted by molar-refractivity contribution is 7.99. The number of halogens is 1. The van der Waals surface area contributed by atoms with Crippen molar-refractivity contribution < 1.29 is 4.79 Å². The molecule has 3 aromatic rings. The van der Waals surface area contributed by atoms with Crippen LogP contribution in [0.2, 0.25) is 5.02 Å². The first kappa shape index (κ1) is 17.3. The number of fused-ring (bicyclic) bond motifs is 1. The lowest BCUT2D eigenvalue weighted by Crippen LogP contribution is -2.23. The Bertz CT molecular complexity index is 1050. The van der Waals surface area contributed by atoms with Crippen molar-refractivity contribution in [1.29, 1.82) is 0 Å². The maximum Gasteiger partial charge on any atom is 0.266 e. The Balaban J connectivity index is 2.36. The van der Waals surface area contributed by atoms with Gasteiger partial charge in [-0.3, -0.25) is 14.2 Å². The second-order valence-electron chi connectivity index (χ2n) is 5.18. The third-order valence-corrected chi connectivity index (χ3v) is 4.80. The lowest BCUT2D eigenvalue weighted by atomic mass is 10.1. The molecule has 0 fully saturated rings. The molecule has 2 N–H and O–H groups in total. The number of primary amides is 1. The van der Waals surface area contributed by atoms with Gasteiger partial charge >= 0.3 is 0 Å². The van der Waals surface area contributed by atoms with Crippen molar-refractivity contribution in [3.8, 4) is 5.69 Å². The number of rotatable bonds is 5. The number of nitrogens with two attached hydrogens (primary N) is 1. The molecule has 5 nitrogen and oxygen atoms in total. The molecule has 1 aromatic heterocycles. The van der Waals surface area contributed by atoms with Gasteiger partial charge in [0.25, 0.3) is 5.56 Å². The van der Waals surface area contributed by atoms with Gasteiger partial charge in [-0.1, -0.05) is 41.6 Å². The molecular formula is C18H14ClN3O2S. The minimum atomic E-state index is -0.601. The van der Waals surface area contributed by atoms with Gasteiger partial charge < -0.3 is 5.73 Å². The Kier molecular flexibility index (Phi) is 4.92. The predicted molar refractivity (Wildman–Crippen MR) is 102 cm³/mol. The van der Waals surface area contributed by atoms with Crippen LogP contribution in [0.4, 0.5) is 0 Å². The molecule has 0 spiro atoms. The minimum Gasteiger partial charge on any atom is -0.366 e. The van der Waals surface area contributed by atoms with E-state index in [0.29, 0.717) is 32.5 Å². The number of aromatic nitrogens is 2. The van der Waals surface area contributed by atoms with Gasteiger partial charge in [-0.05, 0) is 30.3 Å². The lowest BCUT2D eigenvalue weighted by Gasteiger charge is -2.14. The minimum absolute atomic E-state index is 0.253. The van der Waals surface area contributed by atoms with Crippen LogP contribution in [-0.2, 0) is 0 Å². The summed E-state index contributed by atoms with van der Waals surface area (Å²) in [5, 5.41) is 1.23. The fourth-order valence-corrected chi connectivity index (χ4v) is 3.35. The number of amides is 1. The van der Waals surface area contributed by atoms with E-state index < -0.39 is 5.91 Å². The molecule has 0 atom stereocenters. The maximum atomic E-state index is 13.1. The van der Waals surface area contributed by atoms with E-state index in [9.17, 15) is 9.59 Å². The van der Waals surface area contributed by atoms with Gasteiger partial charge in [0.2, 0.25) is 5.91 Å². The first-order valence-electron chi connectivity index (χ1n) is 7.38. The highest BCUT2D eigenvalue weighted by Crippen LogP contribution is 2.25. The molecule has 1 amide bonds. The average Bonchev–Trinajstić information content (AvgIpc) is 2.60. The van der Waals surface area contributed by atoms with Crippen molar-refractivity contribution in [1.82, 2.24) is 9.55 Å². The number of hydrogen-bond acceptors (Lipinski definition) is 4. The molecule has 1 heterocycles. The molecule has 126 valence electrons. The van der Waals surface area contributed by atoms with Crippen LogP contribution < -0.4 is 11.3 Å². The second-order valence-corrected chi connectivity index (χ2v) is 6.58. The topological polar surface area (TPSA) is 78.0 Å². The fraction of sp³-hybridized carbons (Fsp3) is 0.0556. The van der Waals surface area contributed by atoms with Crippen LogP contribution in [-0.4, -0.2) is 21.2 Å². The summed E-state index contributed by atoms with van der Waals surface area (Å²) in [6.07, 6.45) is 1.73. The van der Waals surface area contributed by atoms with E-state index >= 15 is 0 Å². The van der Waals surface area contributed by atoms with E-state index in [4.69, 9.17) is 17.3 Å². The molecule has 0 unspecified atom stereocenters. The van der Waals surface area contributed by atoms with Gasteiger partial charge in [0.1, 0.15) is 0 Å². The van der Waals surface area contributed by atoms with Gasteiger partial charge in [0, 0.05) is 11.3 Å². The third kappa shape index (κ3) is 3.31. The number of hydrogen-bond donors (Lipinski definition) is 1. The zero-order valence-electron chi connectivity index (χ0n) is 13.1. The highest BCUT2D eigenvalue weighted by atomic mass is 35.5. The van der Waals surface area contributed by atoms with Gasteiger partial charge in [-0.2, -0.15) is 0 Å². The van der Waals surface area contributed by atoms with Crippen LogP contribution in [0.1, 0.15) is 10.4 Å². The SMILES string of the molecule is C=CCSc1nc2ccc(C(N)=O)cc2c(=O)n1-c1ccccc1Cl. The Morgan fingerprint density at radius 2 is 2.08 bits per heavy atom. The van der Waals surface area contributed by atoms with Gasteiger partial charge in [0.15, 0.2) is 5.16 Å². The van der Waals surface area contributed by atoms with E-state index in [-0.39, 0.29) is 11.1 Å². The lowest BCUT2D eigenvalue weighted by molar-refractivity contribution is 0.100. The average molecular weight is 372 g/mol. The van der Waals surface area contributed by atoms with Crippen LogP contribution in [0.5, 0.6) is 0 Å². The molecule has 0 bridgehead atoms. The van der Waals surface area contributed by atoms with Crippen molar-refractivity contribution in [3.63, 3.8) is 0 Å². The van der Waals surface area contributed by atoms with Gasteiger partial charge in [-0.15, -0.1) is 6.58 Å². The molecule has 0 aliphatic rings. The molecule has 3 rings (SSSR count). The third-order valence-electron chi connectivity index (χ3n) is 3.55. The highest BCUT2D eigenvalue weighted by Gasteiger charge is 2.16. The first-order valence-corrected chi connectivity index (χ1v) is 8.74. The van der Waals surface area contributed by atoms with Crippen LogP contribution in [0.25, 0.3) is 16.6 Å². The molecular weight excluding hydrogens is 358 g/mol. The molecule has 0 saturated carbocycles. The predicted octanol–water partition coefficient (Wildman–Crippen LogP) is 3.42. The van der Waals surface area contributed by atoms with Crippen LogP contribution in [0, 0.1) is 0 Å². The second kappa shape index (κ2) is 7.13. The number of nitrogens with zero attached hydrogens (tertiary/aromatic N) is 2. The number of para-hydroxylation sites is 1. The molecule has 2 aromatic carbocycles. The zero-order chi connectivity index (χ0) is 18.0. The Hall–Kier alpha value is -2.57. The van der Waals surface area contributed by atoms with Crippen molar-refractivity contribution in [2.24, 2.45) is 5.73 Å². The molecule has 0 aliphatic heterocycles. The summed E-state index contributed by atoms with van der Waals surface area (Å²) in [5.41, 5.74) is 6.28. The number of carbonyl (C=O) groups excluding carboxylic acids is 1. The molecule has 7 heteroatoms. The summed E-state index contributed by atoms with van der Waals surface area (Å²) in [5.74, 6) is -0.0161. The Morgan fingerprint density at radius 3 is 2.76 bits per heavy atom. The van der Waals surface area contributed by atoms with E-state index in [1.807, 2.05) is 0 Å². The fourth-order valence-electron chi connectivity index (χ4n) is 2.39. The molecule has 0 saturated heterocycles. The maximum absolute atomic E-state index is 13.1. The van der Waals surface area contributed by atoms with Crippen molar-refractivity contribution in [2.75, 3.05) is 5.75 Å². The number of carbonyl (C=O) groups is 1. The van der Waals surface area contributed by atoms with E-state index in [2.05, 4.69) is 11.6 Å². The van der Waals surface area contributed by atoms with Gasteiger partial charge in [-0.25, -0.2) is 4.98 Å². The van der Waals surface area contributed by atoms with Crippen molar-refractivity contribution >= 4 is 40.2 Å². The van der Waals surface area contributed by atoms with Crippen LogP contribution in [0.15, 0.2) is 65.1 Å². The van der Waals surface area contributed by atoms with E-state index in [1.165, 1.54) is 22.4 Å². The van der Waals surface area contributed by atoms with E-state index in [0.717, 1.165) is 0 Å². The van der Waals surface area contributed by atoms with Crippen LogP contribution in [0.3, 0.4) is 0 Å². The van der Waals surface area contributed by atoms with E-state index in [1.54, 1.807) is 42.5 Å². The van der Waals surface area contributed by atoms with Crippen LogP contribution >= 0.6 is 23.4 Å². The summed E-state index contributed by atoms with van der Waals surface area (Å²) >= 11 is 7.65. The summed E-state index contributed by atoms with van der Waals surface area (Å²) in [7, 11) is 0. The van der Waals surface area contributed by atoms with Crippen molar-refractivity contribution in [2.45, 2.75) is 5.16 Å². The molecule has 0 radical (unpaired) electrons. The number of benzene rings is 2. The summed E-state index contributed by atoms with van der Waals surface area (Å²) < 4.78 is 1.45. The summed E-state index contributed by atoms with van der Waals surface area (Å²) in [6, 6.07) is 11.7. The first-order chi connectivity index (χ1) is 12.0. The molecule has 25 heavy (non-hydrogen) atoms. The smallest absolute Gasteiger partial charge is 0.266 e. The monoisotopic (exact) mass is 371 g/mol. The van der Waals surface area contributed by atoms with Crippen molar-refractivity contribution in [3.05, 3.63) is 76.1 Å². The Labute approximate surface area is 153 Å². The molecule has 0 aliphatic carbocycles. The summed E-state index contributed by atoms with van der Waals surface area (Å²) in [4.78, 5) is 29.1. The largest absolute Gasteiger partial charge is 0.366 e. The normalized spacial score (nSPS) is 10.8. The number of thioether (sulfide) groups is 1.